The van der Waals surface area contributed by atoms with E-state index in [4.69, 9.17) is 17.2 Å². The van der Waals surface area contributed by atoms with Gasteiger partial charge in [0.1, 0.15) is 5.01 Å². The van der Waals surface area contributed by atoms with Crippen LogP contribution >= 0.6 is 23.6 Å². The van der Waals surface area contributed by atoms with Gasteiger partial charge in [-0.15, -0.1) is 16.4 Å². The molecular formula is C19H20N5S2+. The molecule has 26 heavy (non-hydrogen) atoms. The molecule has 132 valence electrons. The van der Waals surface area contributed by atoms with Gasteiger partial charge in [0, 0.05) is 6.20 Å². The number of nitrogens with zero attached hydrogens (tertiary/aromatic N) is 4. The number of fused-ring (bicyclic) bond motifs is 2. The number of hydrogen-bond acceptors (Lipinski definition) is 4. The fourth-order valence-corrected chi connectivity index (χ4v) is 5.21. The molecular weight excluding hydrogens is 362 g/mol. The highest BCUT2D eigenvalue weighted by molar-refractivity contribution is 7.71. The fourth-order valence-electron chi connectivity index (χ4n) is 3.85. The van der Waals surface area contributed by atoms with Gasteiger partial charge in [-0.1, -0.05) is 18.2 Å². The van der Waals surface area contributed by atoms with Crippen LogP contribution < -0.4 is 4.90 Å². The molecule has 0 bridgehead atoms. The largest absolute Gasteiger partial charge is 0.316 e. The minimum atomic E-state index is 0.530. The van der Waals surface area contributed by atoms with E-state index in [1.807, 2.05) is 44.8 Å². The number of para-hydroxylation sites is 1. The Hall–Kier alpha value is -2.09. The zero-order valence-corrected chi connectivity index (χ0v) is 16.0. The van der Waals surface area contributed by atoms with Crippen LogP contribution in [-0.4, -0.2) is 32.3 Å². The van der Waals surface area contributed by atoms with E-state index in [2.05, 4.69) is 29.4 Å². The lowest BCUT2D eigenvalue weighted by atomic mass is 9.99. The molecule has 1 N–H and O–H groups in total. The fraction of sp³-hybridized carbons (Fsp3) is 0.316. The number of benzene rings is 1. The Morgan fingerprint density at radius 3 is 2.96 bits per heavy atom. The minimum absolute atomic E-state index is 0.530. The van der Waals surface area contributed by atoms with Crippen LogP contribution in [0.1, 0.15) is 23.8 Å². The van der Waals surface area contributed by atoms with E-state index < -0.39 is 0 Å². The van der Waals surface area contributed by atoms with Crippen LogP contribution in [0.15, 0.2) is 48.7 Å². The number of hydrogen-bond donors (Lipinski definition) is 1. The van der Waals surface area contributed by atoms with Crippen LogP contribution in [0.5, 0.6) is 0 Å². The van der Waals surface area contributed by atoms with Gasteiger partial charge in [-0.25, -0.2) is 4.98 Å². The maximum atomic E-state index is 5.60. The van der Waals surface area contributed by atoms with Gasteiger partial charge in [0.25, 0.3) is 0 Å². The average Bonchev–Trinajstić information content (AvgIpc) is 3.24. The molecule has 0 aliphatic carbocycles. The normalized spacial score (nSPS) is 20.8. The smallest absolute Gasteiger partial charge is 0.207 e. The van der Waals surface area contributed by atoms with E-state index in [0.717, 1.165) is 35.7 Å². The maximum absolute atomic E-state index is 5.60. The van der Waals surface area contributed by atoms with Crippen LogP contribution in [0.4, 0.5) is 0 Å². The summed E-state index contributed by atoms with van der Waals surface area (Å²) in [4.78, 5) is 6.42. The molecule has 5 nitrogen and oxygen atoms in total. The highest BCUT2D eigenvalue weighted by Gasteiger charge is 2.27. The van der Waals surface area contributed by atoms with Gasteiger partial charge in [-0.05, 0) is 49.3 Å². The summed E-state index contributed by atoms with van der Waals surface area (Å²) in [7, 11) is 0. The first-order valence-corrected chi connectivity index (χ1v) is 10.2. The minimum Gasteiger partial charge on any atom is -0.316 e. The summed E-state index contributed by atoms with van der Waals surface area (Å²) in [5, 5.41) is 5.96. The second kappa shape index (κ2) is 6.57. The predicted molar refractivity (Wildman–Crippen MR) is 106 cm³/mol. The third kappa shape index (κ3) is 2.86. The first-order valence-electron chi connectivity index (χ1n) is 9.01. The Balaban J connectivity index is 1.38. The number of pyridine rings is 1. The Kier molecular flexibility index (Phi) is 4.07. The first-order chi connectivity index (χ1) is 12.8. The highest BCUT2D eigenvalue weighted by Crippen LogP contribution is 2.30. The summed E-state index contributed by atoms with van der Waals surface area (Å²) in [6.07, 6.45) is 4.42. The van der Waals surface area contributed by atoms with Crippen molar-refractivity contribution in [1.29, 1.82) is 0 Å². The standard InChI is InChI=1S/C19H19N5S2/c25-19-23-11-4-3-9-17(23)21-24(19)13-22-10-5-6-14(12-22)18-20-15-7-1-2-8-16(15)26-18/h1-4,7-9,11,14H,5-6,10,12-13H2/p+1/t14-/m1/s1. The lowest BCUT2D eigenvalue weighted by Crippen LogP contribution is -3.12. The topological polar surface area (TPSA) is 39.6 Å². The molecule has 1 fully saturated rings. The van der Waals surface area contributed by atoms with Crippen LogP contribution in [-0.2, 0) is 6.67 Å². The summed E-state index contributed by atoms with van der Waals surface area (Å²) in [6, 6.07) is 14.4. The zero-order chi connectivity index (χ0) is 17.5. The predicted octanol–water partition coefficient (Wildman–Crippen LogP) is 2.89. The lowest BCUT2D eigenvalue weighted by Gasteiger charge is -2.28. The van der Waals surface area contributed by atoms with Gasteiger partial charge in [0.05, 0.1) is 29.2 Å². The molecule has 1 aromatic carbocycles. The molecule has 1 saturated heterocycles. The van der Waals surface area contributed by atoms with Crippen molar-refractivity contribution in [3.8, 4) is 0 Å². The molecule has 0 radical (unpaired) electrons. The van der Waals surface area contributed by atoms with Crippen molar-refractivity contribution in [3.63, 3.8) is 0 Å². The summed E-state index contributed by atoms with van der Waals surface area (Å²) >= 11 is 7.45. The van der Waals surface area contributed by atoms with Gasteiger partial charge < -0.3 is 4.90 Å². The summed E-state index contributed by atoms with van der Waals surface area (Å²) in [5.74, 6) is 0.530. The molecule has 4 aromatic rings. The summed E-state index contributed by atoms with van der Waals surface area (Å²) in [5.41, 5.74) is 2.04. The number of likely N-dealkylation sites (tertiary alicyclic amines) is 1. The van der Waals surface area contributed by atoms with Crippen LogP contribution in [0.3, 0.4) is 0 Å². The molecule has 1 aliphatic rings. The van der Waals surface area contributed by atoms with E-state index in [1.54, 1.807) is 0 Å². The molecule has 3 aromatic heterocycles. The number of aromatic nitrogens is 4. The van der Waals surface area contributed by atoms with Crippen molar-refractivity contribution >= 4 is 39.4 Å². The van der Waals surface area contributed by atoms with Crippen molar-refractivity contribution in [2.75, 3.05) is 13.1 Å². The van der Waals surface area contributed by atoms with Crippen LogP contribution in [0.2, 0.25) is 0 Å². The van der Waals surface area contributed by atoms with Crippen molar-refractivity contribution in [2.45, 2.75) is 25.4 Å². The molecule has 4 heterocycles. The molecule has 5 rings (SSSR count). The Labute approximate surface area is 160 Å². The average molecular weight is 383 g/mol. The number of nitrogens with one attached hydrogen (secondary N) is 1. The molecule has 0 saturated carbocycles. The summed E-state index contributed by atoms with van der Waals surface area (Å²) in [6.45, 7) is 3.08. The van der Waals surface area contributed by atoms with E-state index in [9.17, 15) is 0 Å². The molecule has 1 aliphatic heterocycles. The number of piperidine rings is 1. The van der Waals surface area contributed by atoms with Gasteiger partial charge in [0.15, 0.2) is 12.3 Å². The maximum Gasteiger partial charge on any atom is 0.207 e. The molecule has 0 amide bonds. The second-order valence-electron chi connectivity index (χ2n) is 6.93. The third-order valence-electron chi connectivity index (χ3n) is 5.14. The number of rotatable bonds is 3. The molecule has 7 heteroatoms. The Bertz CT molecular complexity index is 1090. The quantitative estimate of drug-likeness (QED) is 0.554. The lowest BCUT2D eigenvalue weighted by molar-refractivity contribution is -0.929. The van der Waals surface area contributed by atoms with E-state index in [1.165, 1.54) is 27.4 Å². The second-order valence-corrected chi connectivity index (χ2v) is 8.36. The number of thiazole rings is 1. The van der Waals surface area contributed by atoms with Gasteiger partial charge in [-0.3, -0.25) is 4.40 Å². The van der Waals surface area contributed by atoms with Crippen LogP contribution in [0, 0.1) is 4.77 Å². The van der Waals surface area contributed by atoms with Gasteiger partial charge in [-0.2, -0.15) is 4.68 Å². The van der Waals surface area contributed by atoms with E-state index >= 15 is 0 Å². The van der Waals surface area contributed by atoms with Crippen molar-refractivity contribution in [2.24, 2.45) is 0 Å². The van der Waals surface area contributed by atoms with E-state index in [-0.39, 0.29) is 0 Å². The molecule has 0 spiro atoms. The molecule has 1 unspecified atom stereocenters. The summed E-state index contributed by atoms with van der Waals surface area (Å²) < 4.78 is 6.01. The number of quaternary nitrogens is 1. The Morgan fingerprint density at radius 2 is 2.08 bits per heavy atom. The van der Waals surface area contributed by atoms with Gasteiger partial charge >= 0.3 is 0 Å². The SMILES string of the molecule is S=c1n(C[NH+]2CCC[C@@H](c3nc4ccccc4s3)C2)nc2ccccn12. The van der Waals surface area contributed by atoms with Crippen LogP contribution in [0.25, 0.3) is 15.9 Å². The monoisotopic (exact) mass is 382 g/mol. The highest BCUT2D eigenvalue weighted by atomic mass is 32.1. The van der Waals surface area contributed by atoms with Crippen molar-refractivity contribution in [1.82, 2.24) is 19.2 Å². The van der Waals surface area contributed by atoms with Crippen molar-refractivity contribution < 1.29 is 4.90 Å². The van der Waals surface area contributed by atoms with Gasteiger partial charge in [0.2, 0.25) is 4.77 Å². The molecule has 2 atom stereocenters. The third-order valence-corrected chi connectivity index (χ3v) is 6.75. The Morgan fingerprint density at radius 1 is 1.19 bits per heavy atom. The first kappa shape index (κ1) is 16.1. The van der Waals surface area contributed by atoms with Crippen molar-refractivity contribution in [3.05, 3.63) is 58.4 Å². The zero-order valence-electron chi connectivity index (χ0n) is 14.3. The van der Waals surface area contributed by atoms with E-state index in [0.29, 0.717) is 5.92 Å².